The van der Waals surface area contributed by atoms with Gasteiger partial charge in [-0.05, 0) is 19.9 Å². The molecule has 2 heterocycles. The van der Waals surface area contributed by atoms with E-state index >= 15 is 0 Å². The molecule has 0 atom stereocenters. The highest BCUT2D eigenvalue weighted by molar-refractivity contribution is 7.91. The molecule has 17 heavy (non-hydrogen) atoms. The van der Waals surface area contributed by atoms with Gasteiger partial charge in [-0.3, -0.25) is 4.79 Å². The summed E-state index contributed by atoms with van der Waals surface area (Å²) in [5.41, 5.74) is 0.154. The molecular weight excluding hydrogens is 266 g/mol. The molecule has 0 aliphatic carbocycles. The molecule has 1 aromatic heterocycles. The molecule has 0 saturated carbocycles. The lowest BCUT2D eigenvalue weighted by Gasteiger charge is -2.30. The van der Waals surface area contributed by atoms with Crippen molar-refractivity contribution < 1.29 is 13.2 Å². The number of rotatable bonds is 1. The minimum atomic E-state index is -3.87. The minimum Gasteiger partial charge on any atom is -0.268 e. The van der Waals surface area contributed by atoms with Gasteiger partial charge in [0.05, 0.1) is 10.6 Å². The zero-order chi connectivity index (χ0) is 12.8. The number of anilines is 1. The van der Waals surface area contributed by atoms with E-state index in [2.05, 4.69) is 9.71 Å². The number of nitrogens with one attached hydrogen (secondary N) is 1. The second-order valence-electron chi connectivity index (χ2n) is 3.85. The molecule has 0 aromatic carbocycles. The molecule has 1 aromatic rings. The molecule has 92 valence electrons. The molecule has 0 spiro atoms. The van der Waals surface area contributed by atoms with Crippen LogP contribution in [0.5, 0.6) is 0 Å². The Balaban J connectivity index is 2.62. The van der Waals surface area contributed by atoms with Gasteiger partial charge in [-0.2, -0.15) is 8.42 Å². The van der Waals surface area contributed by atoms with Crippen molar-refractivity contribution in [2.45, 2.75) is 19.9 Å². The maximum absolute atomic E-state index is 12.0. The Kier molecular flexibility index (Phi) is 2.75. The van der Waals surface area contributed by atoms with Crippen LogP contribution in [-0.2, 0) is 10.2 Å². The van der Waals surface area contributed by atoms with E-state index in [9.17, 15) is 13.2 Å². The summed E-state index contributed by atoms with van der Waals surface area (Å²) >= 11 is 5.73. The maximum atomic E-state index is 12.0. The summed E-state index contributed by atoms with van der Waals surface area (Å²) in [7, 11) is -3.87. The van der Waals surface area contributed by atoms with E-state index in [4.69, 9.17) is 11.6 Å². The first-order valence-electron chi connectivity index (χ1n) is 4.85. The van der Waals surface area contributed by atoms with Crippen LogP contribution in [0, 0.1) is 0 Å². The highest BCUT2D eigenvalue weighted by atomic mass is 35.5. The molecule has 0 fully saturated rings. The Labute approximate surface area is 104 Å². The quantitative estimate of drug-likeness (QED) is 0.837. The zero-order valence-electron chi connectivity index (χ0n) is 9.14. The molecule has 6 nitrogen and oxygen atoms in total. The number of amides is 1. The van der Waals surface area contributed by atoms with Crippen LogP contribution >= 0.6 is 11.6 Å². The predicted octanol–water partition coefficient (Wildman–Crippen LogP) is 1.26. The van der Waals surface area contributed by atoms with Gasteiger partial charge in [-0.1, -0.05) is 11.6 Å². The van der Waals surface area contributed by atoms with Gasteiger partial charge in [-0.15, -0.1) is 0 Å². The molecule has 2 rings (SSSR count). The first-order chi connectivity index (χ1) is 7.83. The fourth-order valence-corrected chi connectivity index (χ4v) is 3.13. The molecule has 1 N–H and O–H groups in total. The van der Waals surface area contributed by atoms with Crippen LogP contribution in [0.15, 0.2) is 12.3 Å². The van der Waals surface area contributed by atoms with Crippen LogP contribution in [0.25, 0.3) is 0 Å². The van der Waals surface area contributed by atoms with Crippen LogP contribution in [0.3, 0.4) is 0 Å². The standard InChI is InChI=1S/C9H10ClN3O3S/c1-5(2)13-9(14)7-3-6(10)4-11-8(7)12-17(13,15)16/h3-5H,1-2H3,(H,11,12). The SMILES string of the molecule is CC(C)N1C(=O)c2cc(Cl)cnc2NS1(=O)=O. The summed E-state index contributed by atoms with van der Waals surface area (Å²) in [6.07, 6.45) is 1.28. The van der Waals surface area contributed by atoms with E-state index in [1.54, 1.807) is 13.8 Å². The van der Waals surface area contributed by atoms with Gasteiger partial charge < -0.3 is 0 Å². The molecule has 1 amide bonds. The summed E-state index contributed by atoms with van der Waals surface area (Å²) in [6.45, 7) is 3.22. The third kappa shape index (κ3) is 1.96. The van der Waals surface area contributed by atoms with E-state index in [1.807, 2.05) is 0 Å². The summed E-state index contributed by atoms with van der Waals surface area (Å²) in [4.78, 5) is 15.8. The van der Waals surface area contributed by atoms with Gasteiger partial charge in [-0.25, -0.2) is 14.0 Å². The van der Waals surface area contributed by atoms with E-state index in [-0.39, 0.29) is 16.4 Å². The molecule has 8 heteroatoms. The number of aromatic nitrogens is 1. The number of fused-ring (bicyclic) bond motifs is 1. The van der Waals surface area contributed by atoms with Crippen LogP contribution in [0.4, 0.5) is 5.82 Å². The molecule has 1 aliphatic rings. The summed E-state index contributed by atoms with van der Waals surface area (Å²) in [6, 6.07) is 0.913. The Bertz CT molecular complexity index is 585. The van der Waals surface area contributed by atoms with Gasteiger partial charge in [0, 0.05) is 12.2 Å². The number of carbonyl (C=O) groups excluding carboxylic acids is 1. The van der Waals surface area contributed by atoms with Gasteiger partial charge in [0.25, 0.3) is 5.91 Å². The average Bonchev–Trinajstić information content (AvgIpc) is 2.17. The lowest BCUT2D eigenvalue weighted by atomic mass is 10.2. The van der Waals surface area contributed by atoms with E-state index in [0.29, 0.717) is 0 Å². The molecule has 0 saturated heterocycles. The maximum Gasteiger partial charge on any atom is 0.327 e. The van der Waals surface area contributed by atoms with Crippen LogP contribution in [0.2, 0.25) is 5.02 Å². The number of pyridine rings is 1. The normalized spacial score (nSPS) is 17.9. The average molecular weight is 276 g/mol. The topological polar surface area (TPSA) is 79.4 Å². The minimum absolute atomic E-state index is 0.0105. The van der Waals surface area contributed by atoms with Crippen LogP contribution in [0.1, 0.15) is 24.2 Å². The Hall–Kier alpha value is -1.34. The summed E-state index contributed by atoms with van der Waals surface area (Å²) in [5.74, 6) is -0.611. The van der Waals surface area contributed by atoms with Crippen LogP contribution in [-0.4, -0.2) is 29.7 Å². The van der Waals surface area contributed by atoms with Crippen molar-refractivity contribution in [3.05, 3.63) is 22.8 Å². The summed E-state index contributed by atoms with van der Waals surface area (Å²) in [5, 5.41) is 0.280. The summed E-state index contributed by atoms with van der Waals surface area (Å²) < 4.78 is 26.6. The zero-order valence-corrected chi connectivity index (χ0v) is 10.7. The number of carbonyl (C=O) groups is 1. The van der Waals surface area contributed by atoms with Gasteiger partial charge >= 0.3 is 10.2 Å². The third-order valence-electron chi connectivity index (χ3n) is 2.24. The smallest absolute Gasteiger partial charge is 0.268 e. The second kappa shape index (κ2) is 3.85. The van der Waals surface area contributed by atoms with Crippen molar-refractivity contribution in [1.29, 1.82) is 0 Å². The fraction of sp³-hybridized carbons (Fsp3) is 0.333. The monoisotopic (exact) mass is 275 g/mol. The van der Waals surface area contributed by atoms with Crippen molar-refractivity contribution >= 4 is 33.5 Å². The number of hydrogen-bond donors (Lipinski definition) is 1. The number of hydrogen-bond acceptors (Lipinski definition) is 4. The molecule has 1 aliphatic heterocycles. The molecule has 0 bridgehead atoms. The number of halogens is 1. The van der Waals surface area contributed by atoms with Gasteiger partial charge in [0.2, 0.25) is 0 Å². The molecule has 0 radical (unpaired) electrons. The first kappa shape index (κ1) is 12.1. The Morgan fingerprint density at radius 2 is 2.12 bits per heavy atom. The molecular formula is C9H10ClN3O3S. The lowest BCUT2D eigenvalue weighted by molar-refractivity contribution is 0.0833. The fourth-order valence-electron chi connectivity index (χ4n) is 1.59. The largest absolute Gasteiger partial charge is 0.327 e. The van der Waals surface area contributed by atoms with E-state index < -0.39 is 22.2 Å². The Morgan fingerprint density at radius 1 is 1.47 bits per heavy atom. The van der Waals surface area contributed by atoms with E-state index in [1.165, 1.54) is 12.3 Å². The highest BCUT2D eigenvalue weighted by Gasteiger charge is 2.38. The lowest BCUT2D eigenvalue weighted by Crippen LogP contribution is -2.48. The third-order valence-corrected chi connectivity index (χ3v) is 4.00. The van der Waals surface area contributed by atoms with Crippen molar-refractivity contribution in [3.63, 3.8) is 0 Å². The van der Waals surface area contributed by atoms with Gasteiger partial charge in [0.1, 0.15) is 0 Å². The van der Waals surface area contributed by atoms with E-state index in [0.717, 1.165) is 4.31 Å². The molecule has 0 unspecified atom stereocenters. The van der Waals surface area contributed by atoms with Crippen molar-refractivity contribution in [2.75, 3.05) is 4.72 Å². The van der Waals surface area contributed by atoms with Gasteiger partial charge in [0.15, 0.2) is 5.82 Å². The predicted molar refractivity (Wildman–Crippen MR) is 63.1 cm³/mol. The van der Waals surface area contributed by atoms with Crippen molar-refractivity contribution in [3.8, 4) is 0 Å². The first-order valence-corrected chi connectivity index (χ1v) is 6.67. The second-order valence-corrected chi connectivity index (χ2v) is 5.84. The van der Waals surface area contributed by atoms with Crippen LogP contribution < -0.4 is 4.72 Å². The highest BCUT2D eigenvalue weighted by Crippen LogP contribution is 2.27. The Morgan fingerprint density at radius 3 is 2.71 bits per heavy atom. The van der Waals surface area contributed by atoms with Crippen molar-refractivity contribution in [2.24, 2.45) is 0 Å². The van der Waals surface area contributed by atoms with Crippen molar-refractivity contribution in [1.82, 2.24) is 9.29 Å². The number of nitrogens with zero attached hydrogens (tertiary/aromatic N) is 2.